The van der Waals surface area contributed by atoms with Crippen LogP contribution in [0.25, 0.3) is 0 Å². The minimum Gasteiger partial charge on any atom is -0.394 e. The molecule has 2 aliphatic rings. The number of nitrogens with one attached hydrogen (secondary N) is 1. The highest BCUT2D eigenvalue weighted by atomic mass is 16.7. The zero-order valence-corrected chi connectivity index (χ0v) is 52.2. The topological polar surface area (TPSA) is 228 Å². The molecule has 0 aromatic heterocycles. The molecule has 0 aromatic carbocycles. The maximum Gasteiger partial charge on any atom is 0.220 e. The minimum atomic E-state index is -1.79. The molecule has 0 saturated carbocycles. The molecule has 0 aliphatic carbocycles. The van der Waals surface area contributed by atoms with Crippen LogP contribution in [-0.2, 0) is 23.7 Å². The van der Waals surface area contributed by atoms with Crippen molar-refractivity contribution in [2.75, 3.05) is 19.8 Å². The number of hydrogen-bond acceptors (Lipinski definition) is 13. The molecule has 0 bridgehead atoms. The minimum absolute atomic E-state index is 0.250. The third-order valence-electron chi connectivity index (χ3n) is 16.1. The second-order valence-corrected chi connectivity index (χ2v) is 23.6. The maximum absolute atomic E-state index is 13.2. The van der Waals surface area contributed by atoms with E-state index < -0.39 is 86.8 Å². The van der Waals surface area contributed by atoms with Gasteiger partial charge in [-0.1, -0.05) is 267 Å². The van der Waals surface area contributed by atoms with Gasteiger partial charge < -0.3 is 65.1 Å². The van der Waals surface area contributed by atoms with E-state index in [4.69, 9.17) is 18.9 Å². The highest BCUT2D eigenvalue weighted by Crippen LogP contribution is 2.30. The van der Waals surface area contributed by atoms with Crippen LogP contribution in [0.1, 0.15) is 264 Å². The third-order valence-corrected chi connectivity index (χ3v) is 16.1. The predicted molar refractivity (Wildman–Crippen MR) is 337 cm³/mol. The summed E-state index contributed by atoms with van der Waals surface area (Å²) in [5.74, 6) is -0.250. The Balaban J connectivity index is 1.48. The molecule has 482 valence electrons. The quantitative estimate of drug-likeness (QED) is 0.0204. The first kappa shape index (κ1) is 76.5. The lowest BCUT2D eigenvalue weighted by Crippen LogP contribution is -2.65. The van der Waals surface area contributed by atoms with Gasteiger partial charge in [-0.15, -0.1) is 0 Å². The van der Waals surface area contributed by atoms with Gasteiger partial charge in [-0.2, -0.15) is 0 Å². The van der Waals surface area contributed by atoms with Crippen molar-refractivity contribution < 1.29 is 64.6 Å². The fraction of sp³-hybridized carbons (Fsp3) is 0.812. The number of ether oxygens (including phenoxy) is 4. The van der Waals surface area contributed by atoms with Gasteiger partial charge in [0.25, 0.3) is 0 Å². The highest BCUT2D eigenvalue weighted by Gasteiger charge is 2.51. The number of carbonyl (C=O) groups is 1. The van der Waals surface area contributed by atoms with Gasteiger partial charge in [0.05, 0.1) is 32.0 Å². The van der Waals surface area contributed by atoms with Crippen molar-refractivity contribution in [1.29, 1.82) is 0 Å². The van der Waals surface area contributed by atoms with Crippen molar-refractivity contribution >= 4 is 5.91 Å². The van der Waals surface area contributed by atoms with Crippen molar-refractivity contribution in [2.45, 2.75) is 338 Å². The van der Waals surface area contributed by atoms with Crippen LogP contribution >= 0.6 is 0 Å². The van der Waals surface area contributed by atoms with Crippen LogP contribution in [-0.4, -0.2) is 140 Å². The molecular weight excluding hydrogens is 1050 g/mol. The Kier molecular flexibility index (Phi) is 49.5. The van der Waals surface area contributed by atoms with Gasteiger partial charge in [-0.25, -0.2) is 0 Å². The molecule has 83 heavy (non-hydrogen) atoms. The van der Waals surface area contributed by atoms with Crippen LogP contribution in [0, 0.1) is 0 Å². The molecule has 14 nitrogen and oxygen atoms in total. The van der Waals surface area contributed by atoms with Gasteiger partial charge >= 0.3 is 0 Å². The number of allylic oxidation sites excluding steroid dienone is 11. The number of carbonyl (C=O) groups excluding carboxylic acids is 1. The Morgan fingerprint density at radius 1 is 0.446 bits per heavy atom. The molecule has 2 fully saturated rings. The van der Waals surface area contributed by atoms with E-state index in [2.05, 4.69) is 79.9 Å². The summed E-state index contributed by atoms with van der Waals surface area (Å²) in [5.41, 5.74) is 0. The molecule has 2 heterocycles. The molecule has 9 N–H and O–H groups in total. The van der Waals surface area contributed by atoms with Crippen molar-refractivity contribution in [3.8, 4) is 0 Å². The molecule has 2 rings (SSSR count). The van der Waals surface area contributed by atoms with Crippen LogP contribution in [0.2, 0.25) is 0 Å². The van der Waals surface area contributed by atoms with Crippen LogP contribution in [0.3, 0.4) is 0 Å². The average Bonchev–Trinajstić information content (AvgIpc) is 3.45. The van der Waals surface area contributed by atoms with Gasteiger partial charge in [0.1, 0.15) is 48.8 Å². The summed E-state index contributed by atoms with van der Waals surface area (Å²) >= 11 is 0. The molecule has 2 saturated heterocycles. The number of unbranched alkanes of at least 4 members (excludes halogenated alkanes) is 31. The van der Waals surface area contributed by atoms with E-state index in [1.807, 2.05) is 6.08 Å². The van der Waals surface area contributed by atoms with Gasteiger partial charge in [-0.3, -0.25) is 4.79 Å². The summed E-state index contributed by atoms with van der Waals surface area (Å²) in [6.45, 7) is 2.59. The normalized spacial score (nSPS) is 24.3. The summed E-state index contributed by atoms with van der Waals surface area (Å²) in [7, 11) is 0. The van der Waals surface area contributed by atoms with Crippen molar-refractivity contribution in [3.05, 3.63) is 72.9 Å². The second kappa shape index (κ2) is 53.7. The molecule has 0 aromatic rings. The Hall–Kier alpha value is -2.57. The number of aliphatic hydroxyl groups is 8. The Bertz CT molecular complexity index is 1670. The maximum atomic E-state index is 13.2. The largest absolute Gasteiger partial charge is 0.394 e. The number of rotatable bonds is 54. The van der Waals surface area contributed by atoms with E-state index in [1.54, 1.807) is 6.08 Å². The molecular formula is C69H123NO13. The number of amides is 1. The fourth-order valence-corrected chi connectivity index (χ4v) is 10.8. The van der Waals surface area contributed by atoms with Gasteiger partial charge in [-0.05, 0) is 64.2 Å². The van der Waals surface area contributed by atoms with Crippen molar-refractivity contribution in [2.24, 2.45) is 0 Å². The number of hydrogen-bond donors (Lipinski definition) is 9. The fourth-order valence-electron chi connectivity index (χ4n) is 10.8. The van der Waals surface area contributed by atoms with E-state index in [0.717, 1.165) is 70.6 Å². The Morgan fingerprint density at radius 3 is 1.33 bits per heavy atom. The number of aliphatic hydroxyl groups excluding tert-OH is 8. The standard InChI is InChI=1S/C69H123NO13/c1-3-5-7-9-11-13-14-15-16-17-18-19-20-21-22-23-24-25-26-27-28-29-30-31-32-33-34-35-36-37-38-39-40-41-42-43-44-45-47-49-51-53-61(74)70-57(58(73)52-50-48-46-12-10-8-6-4-2)56-80-68-66(79)64(77)67(60(55-72)82-68)83-69-65(78)63(76)62(75)59(54-71)81-69/h5,7,10-13,15-16,18-19,50,52,57-60,62-69,71-73,75-79H,3-4,6,8-9,14,17,20-49,51,53-56H2,1-2H3,(H,70,74)/b7-5-,12-10+,13-11-,16-15-,19-18-,52-50+. The van der Waals surface area contributed by atoms with Crippen molar-refractivity contribution in [1.82, 2.24) is 5.32 Å². The summed E-state index contributed by atoms with van der Waals surface area (Å²) < 4.78 is 22.7. The Labute approximate surface area is 504 Å². The third kappa shape index (κ3) is 38.4. The predicted octanol–water partition coefficient (Wildman–Crippen LogP) is 13.1. The second-order valence-electron chi connectivity index (χ2n) is 23.6. The lowest BCUT2D eigenvalue weighted by molar-refractivity contribution is -0.359. The molecule has 14 heteroatoms. The van der Waals surface area contributed by atoms with Gasteiger partial charge in [0.15, 0.2) is 12.6 Å². The first-order chi connectivity index (χ1) is 40.6. The molecule has 2 aliphatic heterocycles. The van der Waals surface area contributed by atoms with Crippen LogP contribution in [0.15, 0.2) is 72.9 Å². The van der Waals surface area contributed by atoms with E-state index in [9.17, 15) is 45.6 Å². The monoisotopic (exact) mass is 1170 g/mol. The SMILES string of the molecule is CC/C=C\C/C=C\C/C=C\C/C=C\CCCCCCCCCCCCCCCCCCCCCCCCCCCCCCC(=O)NC(COC1OC(CO)C(OC2OC(CO)C(O)C(O)C2O)C(O)C1O)C(O)/C=C/CC/C=C/CCCC. The summed E-state index contributed by atoms with van der Waals surface area (Å²) in [6, 6.07) is -0.929. The van der Waals surface area contributed by atoms with E-state index in [1.165, 1.54) is 161 Å². The summed E-state index contributed by atoms with van der Waals surface area (Å²) in [5, 5.41) is 86.8. The lowest BCUT2D eigenvalue weighted by atomic mass is 9.97. The molecule has 1 amide bonds. The Morgan fingerprint density at radius 2 is 0.843 bits per heavy atom. The first-order valence-corrected chi connectivity index (χ1v) is 33.7. The van der Waals surface area contributed by atoms with E-state index in [-0.39, 0.29) is 18.9 Å². The molecule has 0 radical (unpaired) electrons. The smallest absolute Gasteiger partial charge is 0.220 e. The molecule has 12 unspecified atom stereocenters. The average molecular weight is 1170 g/mol. The van der Waals surface area contributed by atoms with Crippen molar-refractivity contribution in [3.63, 3.8) is 0 Å². The zero-order valence-electron chi connectivity index (χ0n) is 52.2. The first-order valence-electron chi connectivity index (χ1n) is 33.7. The van der Waals surface area contributed by atoms with Crippen LogP contribution in [0.5, 0.6) is 0 Å². The zero-order chi connectivity index (χ0) is 60.2. The summed E-state index contributed by atoms with van der Waals surface area (Å²) in [4.78, 5) is 13.2. The van der Waals surface area contributed by atoms with E-state index >= 15 is 0 Å². The van der Waals surface area contributed by atoms with Gasteiger partial charge in [0, 0.05) is 6.42 Å². The molecule has 0 spiro atoms. The molecule has 12 atom stereocenters. The van der Waals surface area contributed by atoms with Crippen LogP contribution in [0.4, 0.5) is 0 Å². The lowest BCUT2D eigenvalue weighted by Gasteiger charge is -2.46. The van der Waals surface area contributed by atoms with Crippen LogP contribution < -0.4 is 5.32 Å². The summed E-state index contributed by atoms with van der Waals surface area (Å²) in [6.07, 6.45) is 56.1. The van der Waals surface area contributed by atoms with E-state index in [0.29, 0.717) is 12.8 Å². The van der Waals surface area contributed by atoms with Gasteiger partial charge in [0.2, 0.25) is 5.91 Å². The highest BCUT2D eigenvalue weighted by molar-refractivity contribution is 5.76.